The molecule has 1 N–H and O–H groups in total. The van der Waals surface area contributed by atoms with E-state index in [1.54, 1.807) is 6.07 Å². The Morgan fingerprint density at radius 1 is 1.50 bits per heavy atom. The number of carbonyl (C=O) groups is 1. The van der Waals surface area contributed by atoms with Crippen LogP contribution < -0.4 is 0 Å². The van der Waals surface area contributed by atoms with Crippen molar-refractivity contribution < 1.29 is 18.7 Å². The monoisotopic (exact) mass is 222 g/mol. The van der Waals surface area contributed by atoms with E-state index in [1.807, 2.05) is 6.92 Å². The van der Waals surface area contributed by atoms with Gasteiger partial charge in [-0.3, -0.25) is 4.79 Å². The Bertz CT molecular complexity index is 500. The van der Waals surface area contributed by atoms with Crippen LogP contribution in [-0.2, 0) is 11.2 Å². The SMILES string of the molecule is Cc1cc(-c2nnc(CCC(=O)O)o2)co1. The summed E-state index contributed by atoms with van der Waals surface area (Å²) in [7, 11) is 0. The highest BCUT2D eigenvalue weighted by molar-refractivity contribution is 5.66. The minimum absolute atomic E-state index is 0.0218. The summed E-state index contributed by atoms with van der Waals surface area (Å²) in [6, 6.07) is 1.77. The molecule has 0 fully saturated rings. The smallest absolute Gasteiger partial charge is 0.303 e. The summed E-state index contributed by atoms with van der Waals surface area (Å²) in [6.45, 7) is 1.81. The van der Waals surface area contributed by atoms with Crippen molar-refractivity contribution in [1.82, 2.24) is 10.2 Å². The molecule has 0 aliphatic rings. The van der Waals surface area contributed by atoms with Gasteiger partial charge in [-0.2, -0.15) is 0 Å². The van der Waals surface area contributed by atoms with Gasteiger partial charge in [-0.25, -0.2) is 0 Å². The summed E-state index contributed by atoms with van der Waals surface area (Å²) >= 11 is 0. The van der Waals surface area contributed by atoms with Crippen molar-refractivity contribution in [1.29, 1.82) is 0 Å². The zero-order valence-electron chi connectivity index (χ0n) is 8.64. The lowest BCUT2D eigenvalue weighted by Gasteiger charge is -1.88. The number of hydrogen-bond acceptors (Lipinski definition) is 5. The van der Waals surface area contributed by atoms with Crippen molar-refractivity contribution in [2.75, 3.05) is 0 Å². The van der Waals surface area contributed by atoms with Crippen molar-refractivity contribution in [3.63, 3.8) is 0 Å². The van der Waals surface area contributed by atoms with Gasteiger partial charge in [0.2, 0.25) is 5.89 Å². The Balaban J connectivity index is 2.10. The molecule has 6 nitrogen and oxygen atoms in total. The average Bonchev–Trinajstić information content (AvgIpc) is 2.83. The molecule has 0 unspecified atom stereocenters. The fourth-order valence-electron chi connectivity index (χ4n) is 1.24. The van der Waals surface area contributed by atoms with Crippen LogP contribution in [0.15, 0.2) is 21.2 Å². The van der Waals surface area contributed by atoms with Crippen molar-refractivity contribution >= 4 is 5.97 Å². The fraction of sp³-hybridized carbons (Fsp3) is 0.300. The number of carboxylic acids is 1. The summed E-state index contributed by atoms with van der Waals surface area (Å²) in [4.78, 5) is 10.3. The second-order valence-electron chi connectivity index (χ2n) is 3.34. The topological polar surface area (TPSA) is 89.4 Å². The van der Waals surface area contributed by atoms with Gasteiger partial charge in [-0.15, -0.1) is 10.2 Å². The molecule has 0 bridgehead atoms. The first-order valence-electron chi connectivity index (χ1n) is 4.75. The van der Waals surface area contributed by atoms with Crippen LogP contribution in [-0.4, -0.2) is 21.3 Å². The van der Waals surface area contributed by atoms with E-state index in [0.717, 1.165) is 5.76 Å². The molecule has 16 heavy (non-hydrogen) atoms. The maximum absolute atomic E-state index is 10.3. The van der Waals surface area contributed by atoms with E-state index >= 15 is 0 Å². The quantitative estimate of drug-likeness (QED) is 0.845. The molecule has 0 spiro atoms. The van der Waals surface area contributed by atoms with Crippen molar-refractivity contribution in [2.45, 2.75) is 19.8 Å². The molecule has 0 aliphatic carbocycles. The van der Waals surface area contributed by atoms with E-state index in [0.29, 0.717) is 17.3 Å². The number of hydrogen-bond donors (Lipinski definition) is 1. The fourth-order valence-corrected chi connectivity index (χ4v) is 1.24. The van der Waals surface area contributed by atoms with Gasteiger partial charge in [0, 0.05) is 6.42 Å². The molecular formula is C10H10N2O4. The lowest BCUT2D eigenvalue weighted by Crippen LogP contribution is -1.97. The predicted octanol–water partition coefficient (Wildman–Crippen LogP) is 1.66. The summed E-state index contributed by atoms with van der Waals surface area (Å²) in [6.07, 6.45) is 1.73. The molecule has 2 heterocycles. The number of rotatable bonds is 4. The molecule has 0 aromatic carbocycles. The molecule has 0 saturated carbocycles. The van der Waals surface area contributed by atoms with E-state index in [4.69, 9.17) is 13.9 Å². The first kappa shape index (κ1) is 10.4. The number of carboxylic acid groups (broad SMARTS) is 1. The van der Waals surface area contributed by atoms with Crippen LogP contribution in [0, 0.1) is 6.92 Å². The van der Waals surface area contributed by atoms with Crippen LogP contribution in [0.25, 0.3) is 11.5 Å². The molecule has 0 atom stereocenters. The van der Waals surface area contributed by atoms with Gasteiger partial charge in [-0.05, 0) is 13.0 Å². The normalized spacial score (nSPS) is 10.6. The summed E-state index contributed by atoms with van der Waals surface area (Å²) in [5.74, 6) is 0.521. The number of aryl methyl sites for hydroxylation is 2. The van der Waals surface area contributed by atoms with Crippen molar-refractivity contribution in [2.24, 2.45) is 0 Å². The highest BCUT2D eigenvalue weighted by atomic mass is 16.4. The van der Waals surface area contributed by atoms with Crippen LogP contribution in [0.3, 0.4) is 0 Å². The Kier molecular flexibility index (Phi) is 2.72. The maximum Gasteiger partial charge on any atom is 0.303 e. The molecule has 2 aromatic rings. The number of nitrogens with zero attached hydrogens (tertiary/aromatic N) is 2. The lowest BCUT2D eigenvalue weighted by molar-refractivity contribution is -0.137. The minimum Gasteiger partial charge on any atom is -0.481 e. The molecule has 6 heteroatoms. The third-order valence-electron chi connectivity index (χ3n) is 2.00. The molecule has 0 radical (unpaired) electrons. The van der Waals surface area contributed by atoms with Gasteiger partial charge in [0.25, 0.3) is 5.89 Å². The zero-order valence-corrected chi connectivity index (χ0v) is 8.64. The van der Waals surface area contributed by atoms with Crippen molar-refractivity contribution in [3.05, 3.63) is 24.0 Å². The number of furan rings is 1. The zero-order chi connectivity index (χ0) is 11.5. The molecular weight excluding hydrogens is 212 g/mol. The van der Waals surface area contributed by atoms with E-state index in [-0.39, 0.29) is 12.8 Å². The summed E-state index contributed by atoms with van der Waals surface area (Å²) < 4.78 is 10.4. The van der Waals surface area contributed by atoms with E-state index in [9.17, 15) is 4.79 Å². The predicted molar refractivity (Wildman–Crippen MR) is 52.7 cm³/mol. The maximum atomic E-state index is 10.3. The van der Waals surface area contributed by atoms with Crippen molar-refractivity contribution in [3.8, 4) is 11.5 Å². The Hall–Kier alpha value is -2.11. The van der Waals surface area contributed by atoms with Crippen LogP contribution in [0.2, 0.25) is 0 Å². The van der Waals surface area contributed by atoms with Crippen LogP contribution in [0.1, 0.15) is 18.1 Å². The highest BCUT2D eigenvalue weighted by Crippen LogP contribution is 2.20. The molecule has 2 aromatic heterocycles. The van der Waals surface area contributed by atoms with Crippen LogP contribution >= 0.6 is 0 Å². The second-order valence-corrected chi connectivity index (χ2v) is 3.34. The van der Waals surface area contributed by atoms with E-state index in [1.165, 1.54) is 6.26 Å². The molecule has 0 aliphatic heterocycles. The second kappa shape index (κ2) is 4.18. The Morgan fingerprint density at radius 2 is 2.31 bits per heavy atom. The van der Waals surface area contributed by atoms with Gasteiger partial charge in [0.1, 0.15) is 12.0 Å². The highest BCUT2D eigenvalue weighted by Gasteiger charge is 2.11. The van der Waals surface area contributed by atoms with Crippen LogP contribution in [0.5, 0.6) is 0 Å². The van der Waals surface area contributed by atoms with Gasteiger partial charge in [-0.1, -0.05) is 0 Å². The molecule has 0 amide bonds. The molecule has 84 valence electrons. The van der Waals surface area contributed by atoms with Gasteiger partial charge in [0.05, 0.1) is 12.0 Å². The Morgan fingerprint density at radius 3 is 2.94 bits per heavy atom. The molecule has 0 saturated heterocycles. The molecule has 2 rings (SSSR count). The third-order valence-corrected chi connectivity index (χ3v) is 2.00. The van der Waals surface area contributed by atoms with E-state index in [2.05, 4.69) is 10.2 Å². The van der Waals surface area contributed by atoms with Gasteiger partial charge < -0.3 is 13.9 Å². The third kappa shape index (κ3) is 2.28. The summed E-state index contributed by atoms with van der Waals surface area (Å²) in [5, 5.41) is 16.1. The van der Waals surface area contributed by atoms with Gasteiger partial charge in [0.15, 0.2) is 0 Å². The number of aromatic nitrogens is 2. The summed E-state index contributed by atoms with van der Waals surface area (Å²) in [5.41, 5.74) is 0.701. The first-order valence-corrected chi connectivity index (χ1v) is 4.75. The Labute approximate surface area is 90.9 Å². The largest absolute Gasteiger partial charge is 0.481 e. The average molecular weight is 222 g/mol. The first-order chi connectivity index (χ1) is 7.65. The van der Waals surface area contributed by atoms with E-state index < -0.39 is 5.97 Å². The number of aliphatic carboxylic acids is 1. The minimum atomic E-state index is -0.890. The standard InChI is InChI=1S/C10H10N2O4/c1-6-4-7(5-15-6)10-12-11-8(16-10)2-3-9(13)14/h4-5H,2-3H2,1H3,(H,13,14). The van der Waals surface area contributed by atoms with Gasteiger partial charge >= 0.3 is 5.97 Å². The van der Waals surface area contributed by atoms with Crippen LogP contribution in [0.4, 0.5) is 0 Å². The lowest BCUT2D eigenvalue weighted by atomic mass is 10.3.